The van der Waals surface area contributed by atoms with E-state index in [1.54, 1.807) is 0 Å². The highest BCUT2D eigenvalue weighted by molar-refractivity contribution is 5.83. The Balaban J connectivity index is 2.00. The molecule has 4 nitrogen and oxygen atoms in total. The average Bonchev–Trinajstić information content (AvgIpc) is 2.90. The monoisotopic (exact) mass is 620 g/mol. The van der Waals surface area contributed by atoms with E-state index >= 15 is 0 Å². The molecule has 0 radical (unpaired) electrons. The van der Waals surface area contributed by atoms with Gasteiger partial charge in [-0.15, -0.1) is 0 Å². The van der Waals surface area contributed by atoms with E-state index in [1.807, 2.05) is 48.5 Å². The van der Waals surface area contributed by atoms with Crippen molar-refractivity contribution in [2.75, 3.05) is 0 Å². The summed E-state index contributed by atoms with van der Waals surface area (Å²) in [5.41, 5.74) is 8.04. The highest BCUT2D eigenvalue weighted by atomic mass is 16.3. The fraction of sp³-hybridized carbons (Fsp3) is 0.429. The minimum absolute atomic E-state index is 0.0934. The topological polar surface area (TPSA) is 80.9 Å². The molecule has 0 fully saturated rings. The van der Waals surface area contributed by atoms with Gasteiger partial charge in [0.15, 0.2) is 0 Å². The van der Waals surface area contributed by atoms with Crippen LogP contribution in [0.1, 0.15) is 128 Å². The molecule has 0 heterocycles. The summed E-state index contributed by atoms with van der Waals surface area (Å²) in [4.78, 5) is 0. The summed E-state index contributed by atoms with van der Waals surface area (Å²) in [6.07, 6.45) is 0.537. The first-order valence-electron chi connectivity index (χ1n) is 16.4. The van der Waals surface area contributed by atoms with Gasteiger partial charge < -0.3 is 20.4 Å². The highest BCUT2D eigenvalue weighted by Gasteiger charge is 2.29. The Labute approximate surface area is 275 Å². The van der Waals surface area contributed by atoms with Crippen LogP contribution in [-0.2, 0) is 34.5 Å². The van der Waals surface area contributed by atoms with Gasteiger partial charge in [0.2, 0.25) is 0 Å². The molecule has 0 amide bonds. The summed E-state index contributed by atoms with van der Waals surface area (Å²) in [6.45, 7) is 25.7. The van der Waals surface area contributed by atoms with Gasteiger partial charge in [0.05, 0.1) is 0 Å². The molecule has 4 N–H and O–H groups in total. The zero-order valence-electron chi connectivity index (χ0n) is 29.8. The standard InChI is InChI=1S/C42H52O4/c1-39(2,3)27-15-23-13-24-16-29(41(7,8)9)21-33(37(24)45)34-22-30(42(10,11)12)18-26(38(34)46)14-25-17-28(40(4,5)6)20-32(36(25)44)31(19-27)35(23)43/h15-22,43-46H,13-14H2,1-12H3. The van der Waals surface area contributed by atoms with Gasteiger partial charge in [-0.25, -0.2) is 0 Å². The second-order valence-corrected chi connectivity index (χ2v) is 17.5. The molecule has 0 saturated carbocycles. The molecule has 244 valence electrons. The SMILES string of the molecule is CC(C)(C)c1cc2c(O)c(c1)-c1cc(C(C)(C)C)cc(c1O)Cc1cc(C(C)(C)C)cc(c1O)-c1cc(C(C)(C)C)cc(c1O)C2. The van der Waals surface area contributed by atoms with Crippen LogP contribution < -0.4 is 0 Å². The second kappa shape index (κ2) is 10.8. The fourth-order valence-corrected chi connectivity index (χ4v) is 6.28. The van der Waals surface area contributed by atoms with E-state index < -0.39 is 0 Å². The third-order valence-electron chi connectivity index (χ3n) is 9.56. The quantitative estimate of drug-likeness (QED) is 0.139. The lowest BCUT2D eigenvalue weighted by Crippen LogP contribution is -2.15. The van der Waals surface area contributed by atoms with Gasteiger partial charge in [-0.05, 0) is 90.4 Å². The molecule has 0 aromatic heterocycles. The van der Waals surface area contributed by atoms with Gasteiger partial charge in [-0.1, -0.05) is 107 Å². The lowest BCUT2D eigenvalue weighted by molar-refractivity contribution is 0.454. The van der Waals surface area contributed by atoms with Gasteiger partial charge in [-0.2, -0.15) is 0 Å². The van der Waals surface area contributed by atoms with E-state index in [0.717, 1.165) is 22.3 Å². The minimum Gasteiger partial charge on any atom is -0.507 e. The largest absolute Gasteiger partial charge is 0.507 e. The highest BCUT2D eigenvalue weighted by Crippen LogP contribution is 2.49. The van der Waals surface area contributed by atoms with Crippen molar-refractivity contribution in [3.05, 3.63) is 93.0 Å². The summed E-state index contributed by atoms with van der Waals surface area (Å²) in [5, 5.41) is 48.0. The number of phenolic OH excluding ortho intramolecular Hbond substituents is 4. The van der Waals surface area contributed by atoms with Crippen LogP contribution >= 0.6 is 0 Å². The molecule has 1 aliphatic rings. The molecule has 0 saturated heterocycles. The van der Waals surface area contributed by atoms with Gasteiger partial charge in [-0.3, -0.25) is 0 Å². The smallest absolute Gasteiger partial charge is 0.127 e. The lowest BCUT2D eigenvalue weighted by Gasteiger charge is -2.28. The van der Waals surface area contributed by atoms with E-state index in [1.165, 1.54) is 0 Å². The molecule has 46 heavy (non-hydrogen) atoms. The first-order chi connectivity index (χ1) is 21.0. The van der Waals surface area contributed by atoms with E-state index in [2.05, 4.69) is 83.1 Å². The first-order valence-corrected chi connectivity index (χ1v) is 16.4. The van der Waals surface area contributed by atoms with Crippen LogP contribution in [0.4, 0.5) is 0 Å². The second-order valence-electron chi connectivity index (χ2n) is 17.5. The number of fused-ring (bicyclic) bond motifs is 10. The Morgan fingerprint density at radius 1 is 0.326 bits per heavy atom. The predicted octanol–water partition coefficient (Wildman–Crippen LogP) is 10.5. The third-order valence-corrected chi connectivity index (χ3v) is 9.56. The first kappa shape index (κ1) is 33.4. The zero-order valence-corrected chi connectivity index (χ0v) is 29.8. The number of aromatic hydroxyl groups is 4. The summed E-state index contributed by atoms with van der Waals surface area (Å²) in [6, 6.07) is 16.0. The minimum atomic E-state index is -0.240. The zero-order chi connectivity index (χ0) is 34.3. The average molecular weight is 621 g/mol. The molecule has 0 aliphatic heterocycles. The Kier molecular flexibility index (Phi) is 7.87. The van der Waals surface area contributed by atoms with Crippen LogP contribution in [0, 0.1) is 0 Å². The van der Waals surface area contributed by atoms with Crippen molar-refractivity contribution < 1.29 is 20.4 Å². The Hall–Kier alpha value is -3.92. The number of hydrogen-bond acceptors (Lipinski definition) is 4. The van der Waals surface area contributed by atoms with Gasteiger partial charge in [0, 0.05) is 35.1 Å². The van der Waals surface area contributed by atoms with Crippen LogP contribution in [0.5, 0.6) is 23.0 Å². The molecule has 0 atom stereocenters. The van der Waals surface area contributed by atoms with Crippen molar-refractivity contribution in [1.82, 2.24) is 0 Å². The fourth-order valence-electron chi connectivity index (χ4n) is 6.28. The maximum atomic E-state index is 12.0. The van der Waals surface area contributed by atoms with Crippen molar-refractivity contribution in [1.29, 1.82) is 0 Å². The summed E-state index contributed by atoms with van der Waals surface area (Å²) in [7, 11) is 0. The van der Waals surface area contributed by atoms with Crippen LogP contribution in [0.25, 0.3) is 22.3 Å². The molecule has 1 aliphatic carbocycles. The van der Waals surface area contributed by atoms with Gasteiger partial charge >= 0.3 is 0 Å². The molecular weight excluding hydrogens is 568 g/mol. The van der Waals surface area contributed by atoms with Crippen molar-refractivity contribution in [3.63, 3.8) is 0 Å². The number of rotatable bonds is 0. The number of hydrogen-bond donors (Lipinski definition) is 4. The maximum absolute atomic E-state index is 12.0. The van der Waals surface area contributed by atoms with Crippen molar-refractivity contribution >= 4 is 0 Å². The summed E-state index contributed by atoms with van der Waals surface area (Å²) < 4.78 is 0. The van der Waals surface area contributed by atoms with E-state index in [-0.39, 0.29) is 57.5 Å². The normalized spacial score (nSPS) is 13.8. The van der Waals surface area contributed by atoms with Gasteiger partial charge in [0.25, 0.3) is 0 Å². The van der Waals surface area contributed by atoms with Crippen LogP contribution in [0.3, 0.4) is 0 Å². The van der Waals surface area contributed by atoms with Crippen molar-refractivity contribution in [2.45, 2.75) is 118 Å². The number of phenols is 4. The molecule has 8 bridgehead atoms. The Morgan fingerprint density at radius 2 is 0.500 bits per heavy atom. The molecule has 0 unspecified atom stereocenters. The van der Waals surface area contributed by atoms with Gasteiger partial charge in [0.1, 0.15) is 23.0 Å². The molecular formula is C42H52O4. The van der Waals surface area contributed by atoms with Crippen LogP contribution in [0.2, 0.25) is 0 Å². The summed E-state index contributed by atoms with van der Waals surface area (Å²) >= 11 is 0. The molecule has 5 rings (SSSR count). The van der Waals surface area contributed by atoms with Crippen molar-refractivity contribution in [2.24, 2.45) is 0 Å². The molecule has 0 spiro atoms. The predicted molar refractivity (Wildman–Crippen MR) is 191 cm³/mol. The molecule has 4 aromatic carbocycles. The summed E-state index contributed by atoms with van der Waals surface area (Å²) in [5.74, 6) is 0.374. The van der Waals surface area contributed by atoms with E-state index in [0.29, 0.717) is 44.5 Å². The van der Waals surface area contributed by atoms with Crippen LogP contribution in [-0.4, -0.2) is 20.4 Å². The molecule has 4 heteroatoms. The molecule has 4 aromatic rings. The Bertz CT molecular complexity index is 1580. The van der Waals surface area contributed by atoms with E-state index in [9.17, 15) is 20.4 Å². The number of benzene rings is 4. The van der Waals surface area contributed by atoms with Crippen molar-refractivity contribution in [3.8, 4) is 45.3 Å². The third kappa shape index (κ3) is 6.11. The maximum Gasteiger partial charge on any atom is 0.127 e. The van der Waals surface area contributed by atoms with Crippen LogP contribution in [0.15, 0.2) is 48.5 Å². The van der Waals surface area contributed by atoms with E-state index in [4.69, 9.17) is 0 Å². The Morgan fingerprint density at radius 3 is 0.652 bits per heavy atom. The lowest BCUT2D eigenvalue weighted by atomic mass is 9.78.